The Kier molecular flexibility index (Phi) is 2.55. The van der Waals surface area contributed by atoms with Gasteiger partial charge in [-0.05, 0) is 12.5 Å². The van der Waals surface area contributed by atoms with Gasteiger partial charge in [0.1, 0.15) is 4.90 Å². The third kappa shape index (κ3) is 1.86. The Balaban J connectivity index is 2.68. The predicted octanol–water partition coefficient (Wildman–Crippen LogP) is 1.79. The summed E-state index contributed by atoms with van der Waals surface area (Å²) in [5, 5.41) is 6.54. The Labute approximate surface area is 94.2 Å². The first-order valence-electron chi connectivity index (χ1n) is 4.79. The molecule has 1 heterocycles. The monoisotopic (exact) mass is 236 g/mol. The van der Waals surface area contributed by atoms with E-state index in [9.17, 15) is 8.42 Å². The summed E-state index contributed by atoms with van der Waals surface area (Å²) in [7, 11) is -3.25. The summed E-state index contributed by atoms with van der Waals surface area (Å²) >= 11 is 0. The average molecular weight is 236 g/mol. The molecule has 0 amide bonds. The van der Waals surface area contributed by atoms with E-state index in [-0.39, 0.29) is 4.90 Å². The van der Waals surface area contributed by atoms with Gasteiger partial charge in [0.2, 0.25) is 0 Å². The molecule has 0 spiro atoms. The van der Waals surface area contributed by atoms with E-state index in [1.54, 1.807) is 0 Å². The largest absolute Gasteiger partial charge is 0.276 e. The number of hydrogen-bond acceptors (Lipinski definition) is 3. The second kappa shape index (κ2) is 3.75. The van der Waals surface area contributed by atoms with Crippen molar-refractivity contribution in [2.45, 2.75) is 11.8 Å². The maximum Gasteiger partial charge on any atom is 0.179 e. The van der Waals surface area contributed by atoms with Crippen LogP contribution in [0.4, 0.5) is 0 Å². The number of sulfone groups is 1. The number of aromatic nitrogens is 2. The molecule has 0 aliphatic carbocycles. The van der Waals surface area contributed by atoms with Gasteiger partial charge in [0.25, 0.3) is 0 Å². The number of hydrogen-bond donors (Lipinski definition) is 1. The van der Waals surface area contributed by atoms with Crippen LogP contribution in [0.25, 0.3) is 11.3 Å². The van der Waals surface area contributed by atoms with Crippen molar-refractivity contribution in [1.29, 1.82) is 0 Å². The molecule has 1 aromatic heterocycles. The van der Waals surface area contributed by atoms with Crippen molar-refractivity contribution in [2.75, 3.05) is 6.26 Å². The van der Waals surface area contributed by atoms with Gasteiger partial charge in [-0.25, -0.2) is 8.42 Å². The van der Waals surface area contributed by atoms with E-state index in [0.717, 1.165) is 11.1 Å². The van der Waals surface area contributed by atoms with Crippen LogP contribution >= 0.6 is 0 Å². The molecule has 2 rings (SSSR count). The van der Waals surface area contributed by atoms with Crippen molar-refractivity contribution in [1.82, 2.24) is 10.2 Å². The minimum atomic E-state index is -3.25. The Hall–Kier alpha value is -1.62. The molecule has 0 fully saturated rings. The number of nitrogens with one attached hydrogen (secondary N) is 1. The van der Waals surface area contributed by atoms with Gasteiger partial charge in [0.05, 0.1) is 11.9 Å². The first-order chi connectivity index (χ1) is 7.50. The fourth-order valence-corrected chi connectivity index (χ4v) is 2.37. The van der Waals surface area contributed by atoms with E-state index in [4.69, 9.17) is 0 Å². The van der Waals surface area contributed by atoms with Crippen molar-refractivity contribution < 1.29 is 8.42 Å². The normalized spacial score (nSPS) is 11.6. The summed E-state index contributed by atoms with van der Waals surface area (Å²) in [6.45, 7) is 1.93. The molecular weight excluding hydrogens is 224 g/mol. The Morgan fingerprint density at radius 1 is 1.25 bits per heavy atom. The standard InChI is InChI=1S/C11H12N2O2S/c1-8-5-3-4-6-9(8)11-10(7-12-13-11)16(2,14)15/h3-7H,1-2H3,(H,12,13). The highest BCUT2D eigenvalue weighted by atomic mass is 32.2. The molecule has 0 atom stereocenters. The maximum atomic E-state index is 11.5. The van der Waals surface area contributed by atoms with Crippen molar-refractivity contribution in [3.63, 3.8) is 0 Å². The lowest BCUT2D eigenvalue weighted by Crippen LogP contribution is -1.98. The highest BCUT2D eigenvalue weighted by Crippen LogP contribution is 2.27. The molecule has 2 aromatic rings. The number of benzene rings is 1. The third-order valence-corrected chi connectivity index (χ3v) is 3.53. The Morgan fingerprint density at radius 3 is 2.56 bits per heavy atom. The molecule has 16 heavy (non-hydrogen) atoms. The van der Waals surface area contributed by atoms with Gasteiger partial charge in [-0.3, -0.25) is 5.10 Å². The van der Waals surface area contributed by atoms with E-state index < -0.39 is 9.84 Å². The van der Waals surface area contributed by atoms with Gasteiger partial charge in [-0.2, -0.15) is 5.10 Å². The third-order valence-electron chi connectivity index (χ3n) is 2.42. The van der Waals surface area contributed by atoms with Gasteiger partial charge in [-0.1, -0.05) is 24.3 Å². The lowest BCUT2D eigenvalue weighted by atomic mass is 10.1. The fraction of sp³-hybridized carbons (Fsp3) is 0.182. The summed E-state index contributed by atoms with van der Waals surface area (Å²) in [4.78, 5) is 0.238. The number of nitrogens with zero attached hydrogens (tertiary/aromatic N) is 1. The molecule has 4 nitrogen and oxygen atoms in total. The van der Waals surface area contributed by atoms with E-state index in [1.807, 2.05) is 31.2 Å². The molecule has 1 N–H and O–H groups in total. The van der Waals surface area contributed by atoms with Crippen LogP contribution in [0.2, 0.25) is 0 Å². The molecule has 0 bridgehead atoms. The van der Waals surface area contributed by atoms with Gasteiger partial charge in [0, 0.05) is 11.8 Å². The van der Waals surface area contributed by atoms with E-state index in [2.05, 4.69) is 10.2 Å². The fourth-order valence-electron chi connectivity index (χ4n) is 1.60. The van der Waals surface area contributed by atoms with Crippen LogP contribution in [0.15, 0.2) is 35.4 Å². The minimum Gasteiger partial charge on any atom is -0.276 e. The summed E-state index contributed by atoms with van der Waals surface area (Å²) < 4.78 is 23.1. The van der Waals surface area contributed by atoms with E-state index in [0.29, 0.717) is 5.69 Å². The average Bonchev–Trinajstić information content (AvgIpc) is 2.66. The van der Waals surface area contributed by atoms with Crippen LogP contribution in [-0.2, 0) is 9.84 Å². The minimum absolute atomic E-state index is 0.238. The molecule has 0 saturated carbocycles. The van der Waals surface area contributed by atoms with E-state index >= 15 is 0 Å². The zero-order valence-electron chi connectivity index (χ0n) is 9.06. The summed E-state index contributed by atoms with van der Waals surface area (Å²) in [6.07, 6.45) is 2.52. The second-order valence-corrected chi connectivity index (χ2v) is 5.68. The summed E-state index contributed by atoms with van der Waals surface area (Å²) in [5.74, 6) is 0. The van der Waals surface area contributed by atoms with Crippen LogP contribution in [0.1, 0.15) is 5.56 Å². The van der Waals surface area contributed by atoms with E-state index in [1.165, 1.54) is 12.5 Å². The Morgan fingerprint density at radius 2 is 1.94 bits per heavy atom. The molecule has 0 radical (unpaired) electrons. The van der Waals surface area contributed by atoms with Crippen LogP contribution in [0.3, 0.4) is 0 Å². The number of aromatic amines is 1. The first-order valence-corrected chi connectivity index (χ1v) is 6.68. The van der Waals surface area contributed by atoms with Crippen molar-refractivity contribution in [2.24, 2.45) is 0 Å². The van der Waals surface area contributed by atoms with Gasteiger partial charge < -0.3 is 0 Å². The highest BCUT2D eigenvalue weighted by molar-refractivity contribution is 7.90. The molecule has 0 unspecified atom stereocenters. The van der Waals surface area contributed by atoms with Gasteiger partial charge in [-0.15, -0.1) is 0 Å². The van der Waals surface area contributed by atoms with Gasteiger partial charge >= 0.3 is 0 Å². The molecule has 84 valence electrons. The lowest BCUT2D eigenvalue weighted by Gasteiger charge is -2.04. The van der Waals surface area contributed by atoms with Crippen LogP contribution in [0, 0.1) is 6.92 Å². The zero-order valence-corrected chi connectivity index (χ0v) is 9.88. The molecular formula is C11H12N2O2S. The quantitative estimate of drug-likeness (QED) is 0.864. The van der Waals surface area contributed by atoms with Crippen molar-refractivity contribution >= 4 is 9.84 Å². The zero-order chi connectivity index (χ0) is 11.8. The Bertz CT molecular complexity index is 614. The lowest BCUT2D eigenvalue weighted by molar-refractivity contribution is 0.602. The second-order valence-electron chi connectivity index (χ2n) is 3.70. The molecule has 0 aliphatic heterocycles. The van der Waals surface area contributed by atoms with Crippen LogP contribution in [-0.4, -0.2) is 24.9 Å². The number of aryl methyl sites for hydroxylation is 1. The molecule has 0 aliphatic rings. The first kappa shape index (κ1) is 10.9. The van der Waals surface area contributed by atoms with Crippen LogP contribution < -0.4 is 0 Å². The number of H-pyrrole nitrogens is 1. The van der Waals surface area contributed by atoms with Crippen molar-refractivity contribution in [3.8, 4) is 11.3 Å². The summed E-state index contributed by atoms with van der Waals surface area (Å²) in [5.41, 5.74) is 2.43. The highest BCUT2D eigenvalue weighted by Gasteiger charge is 2.17. The summed E-state index contributed by atoms with van der Waals surface area (Å²) in [6, 6.07) is 7.59. The maximum absolute atomic E-state index is 11.5. The molecule has 0 saturated heterocycles. The van der Waals surface area contributed by atoms with Crippen LogP contribution in [0.5, 0.6) is 0 Å². The SMILES string of the molecule is Cc1ccccc1-c1[nH]ncc1S(C)(=O)=O. The predicted molar refractivity (Wildman–Crippen MR) is 61.9 cm³/mol. The number of rotatable bonds is 2. The smallest absolute Gasteiger partial charge is 0.179 e. The van der Waals surface area contributed by atoms with Crippen molar-refractivity contribution in [3.05, 3.63) is 36.0 Å². The molecule has 5 heteroatoms. The topological polar surface area (TPSA) is 62.8 Å². The van der Waals surface area contributed by atoms with Gasteiger partial charge in [0.15, 0.2) is 9.84 Å². The molecule has 1 aromatic carbocycles.